The Morgan fingerprint density at radius 3 is 2.42 bits per heavy atom. The number of hydrogen-bond donors (Lipinski definition) is 1. The number of esters is 1. The van der Waals surface area contributed by atoms with Crippen molar-refractivity contribution in [3.05, 3.63) is 61.2 Å². The molecule has 3 heterocycles. The summed E-state index contributed by atoms with van der Waals surface area (Å²) in [6.07, 6.45) is 5.34. The Balaban J connectivity index is 1.73. The minimum atomic E-state index is -1.23. The number of rotatable bonds is 17. The molecule has 3 aliphatic rings. The number of fused-ring (bicyclic) bond motifs is 1. The van der Waals surface area contributed by atoms with E-state index in [1.807, 2.05) is 58.0 Å². The maximum absolute atomic E-state index is 14.7. The van der Waals surface area contributed by atoms with E-state index < -0.39 is 53.7 Å². The highest BCUT2D eigenvalue weighted by molar-refractivity contribution is 5.98. The molecule has 10 heteroatoms. The summed E-state index contributed by atoms with van der Waals surface area (Å²) < 4.78 is 13.0. The number of ether oxygens (including phenoxy) is 2. The van der Waals surface area contributed by atoms with Crippen LogP contribution in [0.3, 0.4) is 0 Å². The molecule has 1 aromatic rings. The number of benzene rings is 1. The Kier molecular flexibility index (Phi) is 12.3. The van der Waals surface area contributed by atoms with Crippen LogP contribution in [0.15, 0.2) is 55.6 Å². The first-order chi connectivity index (χ1) is 22.9. The van der Waals surface area contributed by atoms with Crippen LogP contribution in [0.1, 0.15) is 84.8 Å². The van der Waals surface area contributed by atoms with Crippen LogP contribution in [-0.4, -0.2) is 99.6 Å². The molecule has 48 heavy (non-hydrogen) atoms. The molecular weight excluding hydrogens is 610 g/mol. The molecule has 3 amide bonds. The molecule has 0 saturated carbocycles. The molecule has 264 valence electrons. The number of amides is 3. The lowest BCUT2D eigenvalue weighted by Crippen LogP contribution is -2.60. The van der Waals surface area contributed by atoms with Gasteiger partial charge in [0.05, 0.1) is 36.6 Å². The zero-order valence-corrected chi connectivity index (χ0v) is 29.5. The zero-order chi connectivity index (χ0) is 35.3. The molecule has 3 fully saturated rings. The molecule has 2 bridgehead atoms. The van der Waals surface area contributed by atoms with Crippen molar-refractivity contribution in [3.8, 4) is 0 Å². The standard InChI is InChI=1S/C38H55N3O7/c1-9-12-19-30(43)39(8)26(7)33(27-17-14-13-15-18-27)47-37(46)31-29-20-21-38(48-29)32(31)35(44)41(28(23-42)24(4)5)34(38)36(45)40(22-11-3)25(6)16-10-2/h9,11,13-15,17-18,24-26,28-29,31-34,42H,1,3,10,12,16,19-23H2,2,4-8H3/t25?,26-,28-,29-,31+,32+,33+,34-,38+/m0/s1. The summed E-state index contributed by atoms with van der Waals surface area (Å²) in [5.41, 5.74) is -0.514. The molecule has 1 aromatic carbocycles. The van der Waals surface area contributed by atoms with Gasteiger partial charge in [0.2, 0.25) is 17.7 Å². The van der Waals surface area contributed by atoms with E-state index in [9.17, 15) is 24.3 Å². The summed E-state index contributed by atoms with van der Waals surface area (Å²) in [5, 5.41) is 10.6. The first-order valence-electron chi connectivity index (χ1n) is 17.5. The van der Waals surface area contributed by atoms with Crippen LogP contribution >= 0.6 is 0 Å². The highest BCUT2D eigenvalue weighted by atomic mass is 16.6. The van der Waals surface area contributed by atoms with E-state index in [1.165, 1.54) is 4.90 Å². The zero-order valence-electron chi connectivity index (χ0n) is 29.5. The highest BCUT2D eigenvalue weighted by Gasteiger charge is 2.76. The monoisotopic (exact) mass is 665 g/mol. The molecule has 4 rings (SSSR count). The van der Waals surface area contributed by atoms with Gasteiger partial charge in [0.25, 0.3) is 0 Å². The number of carbonyl (C=O) groups is 4. The molecule has 1 spiro atoms. The predicted molar refractivity (Wildman–Crippen MR) is 183 cm³/mol. The van der Waals surface area contributed by atoms with Crippen LogP contribution in [0, 0.1) is 17.8 Å². The molecular formula is C38H55N3O7. The smallest absolute Gasteiger partial charge is 0.313 e. The third-order valence-corrected chi connectivity index (χ3v) is 10.8. The van der Waals surface area contributed by atoms with E-state index in [2.05, 4.69) is 20.1 Å². The van der Waals surface area contributed by atoms with Gasteiger partial charge < -0.3 is 29.3 Å². The Bertz CT molecular complexity index is 1330. The molecule has 1 N–H and O–H groups in total. The van der Waals surface area contributed by atoms with Crippen molar-refractivity contribution in [1.82, 2.24) is 14.7 Å². The van der Waals surface area contributed by atoms with Crippen LogP contribution in [0.2, 0.25) is 0 Å². The van der Waals surface area contributed by atoms with Crippen LogP contribution in [0.4, 0.5) is 0 Å². The van der Waals surface area contributed by atoms with Gasteiger partial charge in [-0.3, -0.25) is 19.2 Å². The minimum absolute atomic E-state index is 0.102. The van der Waals surface area contributed by atoms with Crippen molar-refractivity contribution >= 4 is 23.7 Å². The summed E-state index contributed by atoms with van der Waals surface area (Å²) in [4.78, 5) is 61.6. The first-order valence-corrected chi connectivity index (χ1v) is 17.5. The Hall–Kier alpha value is -3.50. The number of likely N-dealkylation sites (tertiary alicyclic amines) is 1. The Morgan fingerprint density at radius 1 is 1.15 bits per heavy atom. The fraction of sp³-hybridized carbons (Fsp3) is 0.632. The van der Waals surface area contributed by atoms with E-state index in [4.69, 9.17) is 9.47 Å². The van der Waals surface area contributed by atoms with Gasteiger partial charge in [-0.15, -0.1) is 13.2 Å². The highest BCUT2D eigenvalue weighted by Crippen LogP contribution is 2.59. The quantitative estimate of drug-likeness (QED) is 0.190. The number of aliphatic hydroxyl groups is 1. The van der Waals surface area contributed by atoms with E-state index in [1.54, 1.807) is 29.0 Å². The van der Waals surface area contributed by atoms with Crippen LogP contribution in [0.5, 0.6) is 0 Å². The van der Waals surface area contributed by atoms with E-state index in [0.717, 1.165) is 18.4 Å². The SMILES string of the molecule is C=CCCC(=O)N(C)[C@@H](C)[C@@H](OC(=O)[C@@H]1[C@@H]2CC[C@]3(O2)[C@H](C(=O)N(CC=C)C(C)CCC)N([C@@H](CO)C(C)C)C(=O)[C@@H]13)c1ccccc1. The van der Waals surface area contributed by atoms with Gasteiger partial charge >= 0.3 is 5.97 Å². The molecule has 1 unspecified atom stereocenters. The average molecular weight is 666 g/mol. The van der Waals surface area contributed by atoms with Crippen molar-refractivity contribution in [2.75, 3.05) is 20.2 Å². The van der Waals surface area contributed by atoms with Crippen LogP contribution in [-0.2, 0) is 28.7 Å². The molecule has 0 aromatic heterocycles. The number of hydrogen-bond acceptors (Lipinski definition) is 7. The fourth-order valence-corrected chi connectivity index (χ4v) is 8.10. The lowest BCUT2D eigenvalue weighted by Gasteiger charge is -2.41. The second-order valence-electron chi connectivity index (χ2n) is 14.1. The molecule has 0 aliphatic carbocycles. The normalized spacial score (nSPS) is 26.8. The predicted octanol–water partition coefficient (Wildman–Crippen LogP) is 4.68. The molecule has 3 aliphatic heterocycles. The van der Waals surface area contributed by atoms with Crippen molar-refractivity contribution in [2.45, 2.75) is 115 Å². The van der Waals surface area contributed by atoms with Crippen LogP contribution < -0.4 is 0 Å². The summed E-state index contributed by atoms with van der Waals surface area (Å²) in [6, 6.07) is 6.99. The lowest BCUT2D eigenvalue weighted by atomic mass is 9.70. The molecule has 9 atom stereocenters. The average Bonchev–Trinajstić information content (AvgIpc) is 3.72. The minimum Gasteiger partial charge on any atom is -0.455 e. The van der Waals surface area contributed by atoms with Crippen molar-refractivity contribution in [1.29, 1.82) is 0 Å². The van der Waals surface area contributed by atoms with Gasteiger partial charge in [-0.05, 0) is 51.0 Å². The second-order valence-corrected chi connectivity index (χ2v) is 14.1. The van der Waals surface area contributed by atoms with Crippen molar-refractivity contribution < 1.29 is 33.8 Å². The summed E-state index contributed by atoms with van der Waals surface area (Å²) >= 11 is 0. The number of allylic oxidation sites excluding steroid dienone is 1. The van der Waals surface area contributed by atoms with E-state index in [-0.39, 0.29) is 42.7 Å². The Labute approximate surface area is 286 Å². The lowest BCUT2D eigenvalue weighted by molar-refractivity contribution is -0.165. The topological polar surface area (TPSA) is 117 Å². The Morgan fingerprint density at radius 2 is 1.83 bits per heavy atom. The van der Waals surface area contributed by atoms with Gasteiger partial charge in [-0.2, -0.15) is 0 Å². The number of aliphatic hydroxyl groups excluding tert-OH is 1. The van der Waals surface area contributed by atoms with Crippen LogP contribution in [0.25, 0.3) is 0 Å². The maximum atomic E-state index is 14.7. The van der Waals surface area contributed by atoms with Gasteiger partial charge in [0, 0.05) is 26.1 Å². The number of nitrogens with zero attached hydrogens (tertiary/aromatic N) is 3. The van der Waals surface area contributed by atoms with Crippen molar-refractivity contribution in [3.63, 3.8) is 0 Å². The number of carbonyl (C=O) groups excluding carboxylic acids is 4. The first kappa shape index (κ1) is 37.3. The second kappa shape index (κ2) is 15.8. The largest absolute Gasteiger partial charge is 0.455 e. The van der Waals surface area contributed by atoms with E-state index in [0.29, 0.717) is 25.8 Å². The van der Waals surface area contributed by atoms with Gasteiger partial charge in [0.15, 0.2) is 0 Å². The maximum Gasteiger partial charge on any atom is 0.313 e. The summed E-state index contributed by atoms with van der Waals surface area (Å²) in [6.45, 7) is 17.3. The van der Waals surface area contributed by atoms with E-state index >= 15 is 0 Å². The van der Waals surface area contributed by atoms with Gasteiger partial charge in [-0.25, -0.2) is 0 Å². The van der Waals surface area contributed by atoms with Gasteiger partial charge in [0.1, 0.15) is 17.7 Å². The third kappa shape index (κ3) is 6.83. The molecule has 3 saturated heterocycles. The van der Waals surface area contributed by atoms with Gasteiger partial charge in [-0.1, -0.05) is 69.7 Å². The van der Waals surface area contributed by atoms with Crippen molar-refractivity contribution in [2.24, 2.45) is 17.8 Å². The summed E-state index contributed by atoms with van der Waals surface area (Å²) in [7, 11) is 1.69. The number of likely N-dealkylation sites (N-methyl/N-ethyl adjacent to an activating group) is 1. The molecule has 0 radical (unpaired) electrons. The summed E-state index contributed by atoms with van der Waals surface area (Å²) in [5.74, 6) is -3.37. The molecule has 10 nitrogen and oxygen atoms in total. The third-order valence-electron chi connectivity index (χ3n) is 10.8. The fourth-order valence-electron chi connectivity index (χ4n) is 8.10.